The van der Waals surface area contributed by atoms with E-state index in [9.17, 15) is 4.79 Å². The fraction of sp³-hybridized carbons (Fsp3) is 0.857. The number of esters is 1. The first-order valence-corrected chi connectivity index (χ1v) is 3.57. The molecule has 0 aromatic carbocycles. The summed E-state index contributed by atoms with van der Waals surface area (Å²) in [7, 11) is 0. The summed E-state index contributed by atoms with van der Waals surface area (Å²) >= 11 is 0. The second-order valence-electron chi connectivity index (χ2n) is 2.59. The third-order valence-corrected chi connectivity index (χ3v) is 1.99. The van der Waals surface area contributed by atoms with Crippen molar-refractivity contribution in [3.05, 3.63) is 0 Å². The molecule has 1 aliphatic rings. The van der Waals surface area contributed by atoms with Gasteiger partial charge in [-0.3, -0.25) is 4.79 Å². The van der Waals surface area contributed by atoms with Crippen molar-refractivity contribution >= 4 is 5.97 Å². The van der Waals surface area contributed by atoms with Gasteiger partial charge in [-0.05, 0) is 6.42 Å². The quantitative estimate of drug-likeness (QED) is 0.562. The molecule has 0 aromatic heterocycles. The van der Waals surface area contributed by atoms with Crippen LogP contribution in [0.2, 0.25) is 0 Å². The second kappa shape index (κ2) is 3.01. The number of hydrogen-bond donors (Lipinski definition) is 1. The zero-order valence-electron chi connectivity index (χ0n) is 6.04. The fourth-order valence-corrected chi connectivity index (χ4v) is 1.28. The van der Waals surface area contributed by atoms with E-state index in [1.54, 1.807) is 0 Å². The Morgan fingerprint density at radius 1 is 1.80 bits per heavy atom. The number of aliphatic hydroxyl groups is 1. The summed E-state index contributed by atoms with van der Waals surface area (Å²) in [6, 6.07) is 0. The first-order valence-electron chi connectivity index (χ1n) is 3.57. The van der Waals surface area contributed by atoms with E-state index in [-0.39, 0.29) is 24.4 Å². The van der Waals surface area contributed by atoms with Crippen molar-refractivity contribution in [1.29, 1.82) is 0 Å². The molecule has 0 radical (unpaired) electrons. The topological polar surface area (TPSA) is 46.5 Å². The number of carbonyl (C=O) groups is 1. The normalized spacial score (nSPS) is 32.4. The van der Waals surface area contributed by atoms with Gasteiger partial charge >= 0.3 is 5.97 Å². The molecule has 3 nitrogen and oxygen atoms in total. The minimum atomic E-state index is -0.151. The molecule has 58 valence electrons. The Labute approximate surface area is 60.0 Å². The van der Waals surface area contributed by atoms with Crippen LogP contribution < -0.4 is 0 Å². The number of carbonyl (C=O) groups excluding carboxylic acids is 1. The molecule has 1 heterocycles. The van der Waals surface area contributed by atoms with E-state index in [4.69, 9.17) is 9.84 Å². The van der Waals surface area contributed by atoms with Crippen molar-refractivity contribution in [2.24, 2.45) is 11.8 Å². The standard InChI is InChI=1S/C7H12O3/c1-2-6-5(3-8)4-10-7(6)9/h5-6,8H,2-4H2,1H3/t5-,6+/m0/s1. The predicted octanol–water partition coefficient (Wildman–Crippen LogP) is 0.178. The highest BCUT2D eigenvalue weighted by molar-refractivity contribution is 5.74. The van der Waals surface area contributed by atoms with E-state index >= 15 is 0 Å². The fourth-order valence-electron chi connectivity index (χ4n) is 1.28. The summed E-state index contributed by atoms with van der Waals surface area (Å²) in [5, 5.41) is 8.75. The smallest absolute Gasteiger partial charge is 0.309 e. The summed E-state index contributed by atoms with van der Waals surface area (Å²) in [4.78, 5) is 10.8. The molecule has 10 heavy (non-hydrogen) atoms. The van der Waals surface area contributed by atoms with Crippen molar-refractivity contribution in [2.45, 2.75) is 13.3 Å². The molecular formula is C7H12O3. The molecule has 0 amide bonds. The van der Waals surface area contributed by atoms with Crippen molar-refractivity contribution in [3.63, 3.8) is 0 Å². The Kier molecular flexibility index (Phi) is 2.27. The minimum absolute atomic E-state index is 0.0394. The third kappa shape index (κ3) is 1.14. The van der Waals surface area contributed by atoms with Gasteiger partial charge in [0, 0.05) is 12.5 Å². The van der Waals surface area contributed by atoms with Gasteiger partial charge in [-0.2, -0.15) is 0 Å². The van der Waals surface area contributed by atoms with Gasteiger partial charge in [-0.15, -0.1) is 0 Å². The predicted molar refractivity (Wildman–Crippen MR) is 35.3 cm³/mol. The maximum atomic E-state index is 10.8. The number of ether oxygens (including phenoxy) is 1. The van der Waals surface area contributed by atoms with Crippen molar-refractivity contribution in [1.82, 2.24) is 0 Å². The average Bonchev–Trinajstić information content (AvgIpc) is 2.30. The minimum Gasteiger partial charge on any atom is -0.465 e. The molecule has 3 heteroatoms. The Balaban J connectivity index is 2.54. The number of aliphatic hydroxyl groups excluding tert-OH is 1. The lowest BCUT2D eigenvalue weighted by atomic mass is 9.94. The molecular weight excluding hydrogens is 132 g/mol. The van der Waals surface area contributed by atoms with E-state index in [0.717, 1.165) is 6.42 Å². The van der Waals surface area contributed by atoms with Gasteiger partial charge in [0.1, 0.15) is 0 Å². The van der Waals surface area contributed by atoms with E-state index < -0.39 is 0 Å². The molecule has 1 N–H and O–H groups in total. The van der Waals surface area contributed by atoms with Crippen LogP contribution in [0.25, 0.3) is 0 Å². The summed E-state index contributed by atoms with van der Waals surface area (Å²) in [5.74, 6) is -0.177. The Bertz CT molecular complexity index is 133. The highest BCUT2D eigenvalue weighted by Gasteiger charge is 2.34. The maximum Gasteiger partial charge on any atom is 0.309 e. The van der Waals surface area contributed by atoms with Crippen LogP contribution in [0, 0.1) is 11.8 Å². The molecule has 0 aromatic rings. The van der Waals surface area contributed by atoms with Crippen LogP contribution in [-0.4, -0.2) is 24.3 Å². The molecule has 0 aliphatic carbocycles. The highest BCUT2D eigenvalue weighted by Crippen LogP contribution is 2.23. The Hall–Kier alpha value is -0.570. The summed E-state index contributed by atoms with van der Waals surface area (Å²) in [5.41, 5.74) is 0. The van der Waals surface area contributed by atoms with Crippen LogP contribution in [0.15, 0.2) is 0 Å². The van der Waals surface area contributed by atoms with Crippen LogP contribution in [0.1, 0.15) is 13.3 Å². The van der Waals surface area contributed by atoms with Gasteiger partial charge in [-0.1, -0.05) is 6.92 Å². The third-order valence-electron chi connectivity index (χ3n) is 1.99. The average molecular weight is 144 g/mol. The van der Waals surface area contributed by atoms with Gasteiger partial charge in [-0.25, -0.2) is 0 Å². The van der Waals surface area contributed by atoms with Crippen molar-refractivity contribution < 1.29 is 14.6 Å². The molecule has 1 aliphatic heterocycles. The zero-order valence-corrected chi connectivity index (χ0v) is 6.04. The van der Waals surface area contributed by atoms with E-state index in [1.807, 2.05) is 6.92 Å². The number of hydrogen-bond acceptors (Lipinski definition) is 3. The molecule has 1 rings (SSSR count). The number of rotatable bonds is 2. The molecule has 2 atom stereocenters. The van der Waals surface area contributed by atoms with Gasteiger partial charge in [0.05, 0.1) is 12.5 Å². The molecule has 0 saturated carbocycles. The summed E-state index contributed by atoms with van der Waals surface area (Å²) in [6.07, 6.45) is 0.768. The first kappa shape index (κ1) is 7.54. The van der Waals surface area contributed by atoms with Crippen molar-refractivity contribution in [2.75, 3.05) is 13.2 Å². The summed E-state index contributed by atoms with van der Waals surface area (Å²) in [6.45, 7) is 2.39. The number of cyclic esters (lactones) is 1. The van der Waals surface area contributed by atoms with Gasteiger partial charge in [0.25, 0.3) is 0 Å². The maximum absolute atomic E-state index is 10.8. The van der Waals surface area contributed by atoms with E-state index in [0.29, 0.717) is 6.61 Å². The van der Waals surface area contributed by atoms with Gasteiger partial charge in [0.2, 0.25) is 0 Å². The molecule has 0 bridgehead atoms. The molecule has 1 saturated heterocycles. The van der Waals surface area contributed by atoms with Crippen LogP contribution in [0.4, 0.5) is 0 Å². The summed E-state index contributed by atoms with van der Waals surface area (Å²) < 4.78 is 4.76. The Morgan fingerprint density at radius 3 is 2.90 bits per heavy atom. The lowest BCUT2D eigenvalue weighted by Crippen LogP contribution is -2.17. The monoisotopic (exact) mass is 144 g/mol. The Morgan fingerprint density at radius 2 is 2.50 bits per heavy atom. The lowest BCUT2D eigenvalue weighted by molar-refractivity contribution is -0.141. The molecule has 0 spiro atoms. The SMILES string of the molecule is CC[C@H]1C(=O)OC[C@@H]1CO. The molecule has 1 fully saturated rings. The highest BCUT2D eigenvalue weighted by atomic mass is 16.5. The van der Waals surface area contributed by atoms with E-state index in [1.165, 1.54) is 0 Å². The van der Waals surface area contributed by atoms with E-state index in [2.05, 4.69) is 0 Å². The van der Waals surface area contributed by atoms with Crippen LogP contribution in [0.3, 0.4) is 0 Å². The lowest BCUT2D eigenvalue weighted by Gasteiger charge is -2.07. The van der Waals surface area contributed by atoms with Gasteiger partial charge < -0.3 is 9.84 Å². The second-order valence-corrected chi connectivity index (χ2v) is 2.59. The molecule has 0 unspecified atom stereocenters. The van der Waals surface area contributed by atoms with Gasteiger partial charge in [0.15, 0.2) is 0 Å². The first-order chi connectivity index (χ1) is 4.79. The van der Waals surface area contributed by atoms with Crippen LogP contribution >= 0.6 is 0 Å². The van der Waals surface area contributed by atoms with Crippen LogP contribution in [0.5, 0.6) is 0 Å². The largest absolute Gasteiger partial charge is 0.465 e. The van der Waals surface area contributed by atoms with Crippen LogP contribution in [-0.2, 0) is 9.53 Å². The van der Waals surface area contributed by atoms with Crippen molar-refractivity contribution in [3.8, 4) is 0 Å². The zero-order chi connectivity index (χ0) is 7.56.